The van der Waals surface area contributed by atoms with E-state index in [0.717, 1.165) is 9.65 Å². The molecule has 0 radical (unpaired) electrons. The second-order valence-corrected chi connectivity index (χ2v) is 9.73. The molecule has 1 saturated heterocycles. The van der Waals surface area contributed by atoms with Gasteiger partial charge in [-0.2, -0.15) is 0 Å². The fourth-order valence-electron chi connectivity index (χ4n) is 3.55. The average molecular weight is 484 g/mol. The summed E-state index contributed by atoms with van der Waals surface area (Å²) in [5.41, 5.74) is 0.00465. The minimum atomic E-state index is -0.798. The summed E-state index contributed by atoms with van der Waals surface area (Å²) in [6, 6.07) is 7.60. The van der Waals surface area contributed by atoms with E-state index in [-0.39, 0.29) is 57.4 Å². The van der Waals surface area contributed by atoms with Gasteiger partial charge in [0.2, 0.25) is 0 Å². The van der Waals surface area contributed by atoms with Gasteiger partial charge in [0.25, 0.3) is 0 Å². The second-order valence-electron chi connectivity index (χ2n) is 7.50. The summed E-state index contributed by atoms with van der Waals surface area (Å²) >= 11 is -0.0839. The second kappa shape index (κ2) is 9.92. The van der Waals surface area contributed by atoms with Crippen LogP contribution in [0.3, 0.4) is 0 Å². The van der Waals surface area contributed by atoms with Crippen molar-refractivity contribution < 1.29 is 28.5 Å². The topological polar surface area (TPSA) is 93.1 Å². The van der Waals surface area contributed by atoms with Gasteiger partial charge in [-0.1, -0.05) is 0 Å². The van der Waals surface area contributed by atoms with Crippen molar-refractivity contribution in [2.45, 2.75) is 52.7 Å². The summed E-state index contributed by atoms with van der Waals surface area (Å²) in [5, 5.41) is 0.744. The van der Waals surface area contributed by atoms with Crippen LogP contribution in [0, 0.1) is 11.8 Å². The zero-order valence-electron chi connectivity index (χ0n) is 17.5. The predicted molar refractivity (Wildman–Crippen MR) is 110 cm³/mol. The Bertz CT molecular complexity index is 950. The van der Waals surface area contributed by atoms with Crippen LogP contribution in [0.5, 0.6) is 0 Å². The third-order valence-corrected chi connectivity index (χ3v) is 7.75. The Morgan fingerprint density at radius 2 is 1.87 bits per heavy atom. The molecule has 1 fully saturated rings. The van der Waals surface area contributed by atoms with Gasteiger partial charge in [-0.05, 0) is 0 Å². The fourth-order valence-corrected chi connectivity index (χ4v) is 5.61. The first kappa shape index (κ1) is 22.7. The maximum atomic E-state index is 12.5. The monoisotopic (exact) mass is 485 g/mol. The number of fused-ring (bicyclic) bond motifs is 1. The molecule has 3 rings (SSSR count). The van der Waals surface area contributed by atoms with E-state index in [9.17, 15) is 14.4 Å². The van der Waals surface area contributed by atoms with Crippen LogP contribution in [0.15, 0.2) is 29.1 Å². The molecule has 9 heteroatoms. The Kier molecular flexibility index (Phi) is 7.52. The summed E-state index contributed by atoms with van der Waals surface area (Å²) in [4.78, 5) is 35.3. The Hall–Kier alpha value is -1.93. The molecule has 0 spiro atoms. The number of aromatic nitrogens is 1. The molecule has 0 aliphatic carbocycles. The van der Waals surface area contributed by atoms with Gasteiger partial charge in [-0.15, -0.1) is 0 Å². The summed E-state index contributed by atoms with van der Waals surface area (Å²) < 4.78 is 25.4. The van der Waals surface area contributed by atoms with E-state index < -0.39 is 18.4 Å². The molecule has 8 nitrogen and oxygen atoms in total. The molecule has 2 heterocycles. The van der Waals surface area contributed by atoms with Crippen molar-refractivity contribution in [3.63, 3.8) is 0 Å². The van der Waals surface area contributed by atoms with E-state index in [1.807, 2.05) is 38.1 Å². The van der Waals surface area contributed by atoms with Crippen LogP contribution in [0.1, 0.15) is 27.7 Å². The van der Waals surface area contributed by atoms with E-state index in [0.29, 0.717) is 6.54 Å². The Morgan fingerprint density at radius 1 is 1.13 bits per heavy atom. The molecule has 2 aromatic rings. The van der Waals surface area contributed by atoms with Crippen LogP contribution in [0.2, 0.25) is 0 Å². The third kappa shape index (κ3) is 5.21. The number of rotatable bonds is 7. The van der Waals surface area contributed by atoms with Crippen LogP contribution < -0.4 is 5.56 Å². The van der Waals surface area contributed by atoms with E-state index >= 15 is 0 Å². The molecule has 0 saturated carbocycles. The van der Waals surface area contributed by atoms with Gasteiger partial charge in [0.1, 0.15) is 0 Å². The molecule has 5 atom stereocenters. The normalized spacial score (nSPS) is 26.5. The van der Waals surface area contributed by atoms with E-state index in [2.05, 4.69) is 0 Å². The molecular weight excluding hydrogens is 457 g/mol. The van der Waals surface area contributed by atoms with Crippen molar-refractivity contribution in [3.05, 3.63) is 34.6 Å². The first-order valence-electron chi connectivity index (χ1n) is 9.94. The summed E-state index contributed by atoms with van der Waals surface area (Å²) in [6.45, 7) is 7.39. The zero-order chi connectivity index (χ0) is 21.8. The number of carbonyl (C=O) groups is 2. The van der Waals surface area contributed by atoms with Crippen molar-refractivity contribution in [2.75, 3.05) is 13.2 Å². The zero-order valence-corrected chi connectivity index (χ0v) is 19.2. The number of hydrogen-bond donors (Lipinski definition) is 0. The molecule has 164 valence electrons. The molecule has 0 N–H and O–H groups in total. The number of nitrogens with zero attached hydrogens (tertiary/aromatic N) is 1. The molecule has 30 heavy (non-hydrogen) atoms. The quantitative estimate of drug-likeness (QED) is 0.435. The molecule has 1 aliphatic heterocycles. The van der Waals surface area contributed by atoms with Gasteiger partial charge in [-0.3, -0.25) is 0 Å². The number of ether oxygens (including phenoxy) is 4. The fraction of sp³-hybridized carbons (Fsp3) is 0.571. The standard InChI is InChI=1S/C21H27NO7Se/c1-12-13(2)19(28-15(4)24)21(29-17(12)11-27-14(3)23)26-10-9-22-20(25)16-7-5-6-8-18(16)30-22/h5-8,12-13,17,19,21H,9-11H2,1-4H3/t12-,13-,17?,19?,21+/m0/s1. The van der Waals surface area contributed by atoms with Crippen molar-refractivity contribution >= 4 is 36.3 Å². The Labute approximate surface area is 181 Å². The average Bonchev–Trinajstić information content (AvgIpc) is 3.02. The van der Waals surface area contributed by atoms with Gasteiger partial charge < -0.3 is 0 Å². The number of hydrogen-bond acceptors (Lipinski definition) is 7. The van der Waals surface area contributed by atoms with Crippen LogP contribution >= 0.6 is 0 Å². The SMILES string of the molecule is CC(=O)OCC1O[C@@H](OCCn2[se]c3ccccc3c2=O)C(OC(C)=O)[C@@H](C)[C@@H]1C. The van der Waals surface area contributed by atoms with Gasteiger partial charge in [0, 0.05) is 0 Å². The predicted octanol–water partition coefficient (Wildman–Crippen LogP) is 1.57. The van der Waals surface area contributed by atoms with E-state index in [4.69, 9.17) is 18.9 Å². The van der Waals surface area contributed by atoms with E-state index in [1.54, 1.807) is 3.56 Å². The van der Waals surface area contributed by atoms with E-state index in [1.165, 1.54) is 13.8 Å². The number of carbonyl (C=O) groups excluding carboxylic acids is 2. The van der Waals surface area contributed by atoms with Gasteiger partial charge >= 0.3 is 181 Å². The Morgan fingerprint density at radius 3 is 2.53 bits per heavy atom. The molecule has 2 unspecified atom stereocenters. The Balaban J connectivity index is 1.69. The van der Waals surface area contributed by atoms with Crippen molar-refractivity contribution in [3.8, 4) is 0 Å². The molecule has 1 aliphatic rings. The maximum absolute atomic E-state index is 12.5. The molecule has 1 aromatic heterocycles. The number of esters is 2. The van der Waals surface area contributed by atoms with Crippen LogP contribution in [0.4, 0.5) is 0 Å². The van der Waals surface area contributed by atoms with Crippen LogP contribution in [-0.4, -0.2) is 61.9 Å². The third-order valence-electron chi connectivity index (χ3n) is 5.39. The minimum absolute atomic E-state index is 0.00465. The molecule has 0 bridgehead atoms. The number of benzene rings is 1. The van der Waals surface area contributed by atoms with Gasteiger partial charge in [0.05, 0.1) is 0 Å². The summed E-state index contributed by atoms with van der Waals surface area (Å²) in [5.74, 6) is -0.864. The molecule has 0 amide bonds. The van der Waals surface area contributed by atoms with Crippen molar-refractivity contribution in [2.24, 2.45) is 11.8 Å². The van der Waals surface area contributed by atoms with Crippen molar-refractivity contribution in [1.82, 2.24) is 3.56 Å². The molecule has 1 aromatic carbocycles. The summed E-state index contributed by atoms with van der Waals surface area (Å²) in [7, 11) is 0. The first-order chi connectivity index (χ1) is 14.3. The van der Waals surface area contributed by atoms with Gasteiger partial charge in [0.15, 0.2) is 0 Å². The van der Waals surface area contributed by atoms with Crippen LogP contribution in [0.25, 0.3) is 9.65 Å². The van der Waals surface area contributed by atoms with Crippen LogP contribution in [-0.2, 0) is 35.1 Å². The van der Waals surface area contributed by atoms with Crippen molar-refractivity contribution in [1.29, 1.82) is 0 Å². The van der Waals surface area contributed by atoms with Gasteiger partial charge in [-0.25, -0.2) is 0 Å². The first-order valence-corrected chi connectivity index (χ1v) is 11.6. The molecular formula is C21H27NO7Se. The summed E-state index contributed by atoms with van der Waals surface area (Å²) in [6.07, 6.45) is -1.75.